The standard InChI is InChI=1S/C18H21N5O2.ClH/c1-2-6-15(19)17(24)20-14-8-5-7-13(11-14)12-23-18(25)22-10-4-3-9-16(22)21-23;/h3-5,7-11,15H,2,6,12,19H2,1H3,(H,20,24);1H. The highest BCUT2D eigenvalue weighted by Gasteiger charge is 2.13. The van der Waals surface area contributed by atoms with Crippen molar-refractivity contribution in [2.75, 3.05) is 5.32 Å². The first-order chi connectivity index (χ1) is 12.1. The molecule has 1 aromatic carbocycles. The Hall–Kier alpha value is -2.64. The van der Waals surface area contributed by atoms with E-state index in [0.29, 0.717) is 24.3 Å². The maximum absolute atomic E-state index is 12.3. The zero-order valence-electron chi connectivity index (χ0n) is 14.5. The Morgan fingerprint density at radius 3 is 2.81 bits per heavy atom. The van der Waals surface area contributed by atoms with E-state index in [1.807, 2.05) is 31.2 Å². The van der Waals surface area contributed by atoms with Gasteiger partial charge in [-0.3, -0.25) is 9.20 Å². The van der Waals surface area contributed by atoms with Gasteiger partial charge in [0.2, 0.25) is 5.91 Å². The third-order valence-corrected chi connectivity index (χ3v) is 3.95. The van der Waals surface area contributed by atoms with Crippen LogP contribution in [0.5, 0.6) is 0 Å². The quantitative estimate of drug-likeness (QED) is 0.689. The summed E-state index contributed by atoms with van der Waals surface area (Å²) in [5.74, 6) is -0.205. The topological polar surface area (TPSA) is 94.4 Å². The average Bonchev–Trinajstić information content (AvgIpc) is 2.92. The van der Waals surface area contributed by atoms with Crippen LogP contribution in [-0.4, -0.2) is 26.1 Å². The van der Waals surface area contributed by atoms with Crippen LogP contribution in [0.1, 0.15) is 25.3 Å². The molecule has 7 nitrogen and oxygen atoms in total. The number of hydrogen-bond donors (Lipinski definition) is 2. The number of aromatic nitrogens is 3. The number of amides is 1. The maximum Gasteiger partial charge on any atom is 0.350 e. The number of carbonyl (C=O) groups excluding carboxylic acids is 1. The highest BCUT2D eigenvalue weighted by Crippen LogP contribution is 2.12. The molecule has 2 heterocycles. The monoisotopic (exact) mass is 375 g/mol. The summed E-state index contributed by atoms with van der Waals surface area (Å²) in [6.07, 6.45) is 3.18. The molecule has 26 heavy (non-hydrogen) atoms. The van der Waals surface area contributed by atoms with E-state index in [9.17, 15) is 9.59 Å². The summed E-state index contributed by atoms with van der Waals surface area (Å²) >= 11 is 0. The summed E-state index contributed by atoms with van der Waals surface area (Å²) in [6.45, 7) is 2.31. The van der Waals surface area contributed by atoms with Crippen molar-refractivity contribution in [1.29, 1.82) is 0 Å². The highest BCUT2D eigenvalue weighted by molar-refractivity contribution is 5.94. The number of pyridine rings is 1. The van der Waals surface area contributed by atoms with Crippen molar-refractivity contribution >= 4 is 29.6 Å². The second-order valence-corrected chi connectivity index (χ2v) is 5.95. The predicted octanol–water partition coefficient (Wildman–Crippen LogP) is 2.03. The van der Waals surface area contributed by atoms with Gasteiger partial charge in [-0.15, -0.1) is 17.5 Å². The van der Waals surface area contributed by atoms with Crippen LogP contribution in [0.4, 0.5) is 5.69 Å². The third kappa shape index (κ3) is 4.30. The van der Waals surface area contributed by atoms with E-state index in [1.54, 1.807) is 24.4 Å². The summed E-state index contributed by atoms with van der Waals surface area (Å²) in [6, 6.07) is 12.2. The first kappa shape index (κ1) is 19.7. The molecule has 0 radical (unpaired) electrons. The van der Waals surface area contributed by atoms with Gasteiger partial charge in [0.25, 0.3) is 0 Å². The predicted molar refractivity (Wildman–Crippen MR) is 104 cm³/mol. The lowest BCUT2D eigenvalue weighted by atomic mass is 10.1. The first-order valence-electron chi connectivity index (χ1n) is 8.28. The average molecular weight is 376 g/mol. The summed E-state index contributed by atoms with van der Waals surface area (Å²) in [4.78, 5) is 24.4. The van der Waals surface area contributed by atoms with Crippen molar-refractivity contribution < 1.29 is 4.79 Å². The maximum atomic E-state index is 12.3. The van der Waals surface area contributed by atoms with Gasteiger partial charge in [0.1, 0.15) is 0 Å². The van der Waals surface area contributed by atoms with Crippen molar-refractivity contribution in [3.8, 4) is 0 Å². The van der Waals surface area contributed by atoms with Crippen molar-refractivity contribution in [3.63, 3.8) is 0 Å². The molecule has 3 N–H and O–H groups in total. The molecule has 3 rings (SSSR count). The van der Waals surface area contributed by atoms with Gasteiger partial charge in [0, 0.05) is 11.9 Å². The fourth-order valence-electron chi connectivity index (χ4n) is 2.67. The van der Waals surface area contributed by atoms with Crippen LogP contribution < -0.4 is 16.7 Å². The number of carbonyl (C=O) groups is 1. The molecule has 0 saturated carbocycles. The fourth-order valence-corrected chi connectivity index (χ4v) is 2.67. The number of benzene rings is 1. The third-order valence-electron chi connectivity index (χ3n) is 3.95. The van der Waals surface area contributed by atoms with Crippen LogP contribution in [0.15, 0.2) is 53.5 Å². The molecule has 3 aromatic rings. The summed E-state index contributed by atoms with van der Waals surface area (Å²) in [5.41, 5.74) is 7.76. The van der Waals surface area contributed by atoms with Gasteiger partial charge in [-0.05, 0) is 36.2 Å². The van der Waals surface area contributed by atoms with Crippen molar-refractivity contribution in [2.24, 2.45) is 5.73 Å². The molecule has 8 heteroatoms. The van der Waals surface area contributed by atoms with E-state index in [0.717, 1.165) is 12.0 Å². The molecule has 0 bridgehead atoms. The SMILES string of the molecule is CCCC(N)C(=O)Nc1cccc(Cn2nc3ccccn3c2=O)c1.Cl. The van der Waals surface area contributed by atoms with Crippen molar-refractivity contribution in [2.45, 2.75) is 32.4 Å². The molecular weight excluding hydrogens is 354 g/mol. The number of nitrogens with two attached hydrogens (primary N) is 1. The Labute approximate surface area is 157 Å². The molecule has 1 amide bonds. The van der Waals surface area contributed by atoms with Crippen molar-refractivity contribution in [3.05, 3.63) is 64.7 Å². The second kappa shape index (κ2) is 8.64. The van der Waals surface area contributed by atoms with E-state index in [1.165, 1.54) is 9.08 Å². The van der Waals surface area contributed by atoms with Gasteiger partial charge < -0.3 is 11.1 Å². The van der Waals surface area contributed by atoms with Crippen molar-refractivity contribution in [1.82, 2.24) is 14.2 Å². The van der Waals surface area contributed by atoms with E-state index >= 15 is 0 Å². The summed E-state index contributed by atoms with van der Waals surface area (Å²) in [7, 11) is 0. The largest absolute Gasteiger partial charge is 0.350 e. The summed E-state index contributed by atoms with van der Waals surface area (Å²) < 4.78 is 2.90. The van der Waals surface area contributed by atoms with Crippen LogP contribution in [0.2, 0.25) is 0 Å². The van der Waals surface area contributed by atoms with Gasteiger partial charge in [0.05, 0.1) is 12.6 Å². The van der Waals surface area contributed by atoms with E-state index < -0.39 is 6.04 Å². The zero-order chi connectivity index (χ0) is 17.8. The minimum absolute atomic E-state index is 0. The molecule has 0 aliphatic heterocycles. The van der Waals surface area contributed by atoms with Crippen LogP contribution in [0.25, 0.3) is 5.65 Å². The Bertz CT molecular complexity index is 950. The van der Waals surface area contributed by atoms with Gasteiger partial charge in [0.15, 0.2) is 5.65 Å². The molecule has 0 aliphatic rings. The van der Waals surface area contributed by atoms with Crippen LogP contribution >= 0.6 is 12.4 Å². The van der Waals surface area contributed by atoms with Gasteiger partial charge in [-0.2, -0.15) is 0 Å². The molecule has 1 unspecified atom stereocenters. The van der Waals surface area contributed by atoms with Crippen LogP contribution in [0, 0.1) is 0 Å². The summed E-state index contributed by atoms with van der Waals surface area (Å²) in [5, 5.41) is 7.13. The lowest BCUT2D eigenvalue weighted by molar-refractivity contribution is -0.117. The minimum Gasteiger partial charge on any atom is -0.325 e. The number of rotatable bonds is 6. The lowest BCUT2D eigenvalue weighted by Crippen LogP contribution is -2.35. The molecule has 0 fully saturated rings. The van der Waals surface area contributed by atoms with Gasteiger partial charge >= 0.3 is 5.69 Å². The number of hydrogen-bond acceptors (Lipinski definition) is 4. The number of anilines is 1. The highest BCUT2D eigenvalue weighted by atomic mass is 35.5. The van der Waals surface area contributed by atoms with E-state index in [4.69, 9.17) is 5.73 Å². The molecule has 0 saturated heterocycles. The lowest BCUT2D eigenvalue weighted by Gasteiger charge is -2.12. The zero-order valence-corrected chi connectivity index (χ0v) is 15.3. The second-order valence-electron chi connectivity index (χ2n) is 5.95. The molecule has 1 atom stereocenters. The molecule has 0 aliphatic carbocycles. The molecule has 2 aromatic heterocycles. The molecular formula is C18H22ClN5O2. The number of nitrogens with one attached hydrogen (secondary N) is 1. The van der Waals surface area contributed by atoms with E-state index in [2.05, 4.69) is 10.4 Å². The van der Waals surface area contributed by atoms with E-state index in [-0.39, 0.29) is 24.0 Å². The number of nitrogens with zero attached hydrogens (tertiary/aromatic N) is 3. The van der Waals surface area contributed by atoms with Crippen LogP contribution in [-0.2, 0) is 11.3 Å². The van der Waals surface area contributed by atoms with Gasteiger partial charge in [-0.25, -0.2) is 9.48 Å². The number of fused-ring (bicyclic) bond motifs is 1. The Kier molecular flexibility index (Phi) is 6.54. The Morgan fingerprint density at radius 2 is 2.08 bits per heavy atom. The normalized spacial score (nSPS) is 11.8. The van der Waals surface area contributed by atoms with Gasteiger partial charge in [-0.1, -0.05) is 31.5 Å². The Morgan fingerprint density at radius 1 is 1.27 bits per heavy atom. The Balaban J connectivity index is 0.00000243. The molecule has 0 spiro atoms. The first-order valence-corrected chi connectivity index (χ1v) is 8.28. The fraction of sp³-hybridized carbons (Fsp3) is 0.278. The number of halogens is 1. The molecule has 138 valence electrons. The van der Waals surface area contributed by atoms with Crippen LogP contribution in [0.3, 0.4) is 0 Å². The smallest absolute Gasteiger partial charge is 0.325 e. The minimum atomic E-state index is -0.519.